The minimum Gasteiger partial charge on any atom is -0.493 e. The molecule has 3 N–H and O–H groups in total. The molecule has 0 spiro atoms. The highest BCUT2D eigenvalue weighted by Crippen LogP contribution is 2.50. The van der Waals surface area contributed by atoms with Gasteiger partial charge in [-0.15, -0.1) is 0 Å². The number of nitrogens with zero attached hydrogens (tertiary/aromatic N) is 1. The molecule has 48 heavy (non-hydrogen) atoms. The number of hydrogen-bond donors (Lipinski definition) is 3. The van der Waals surface area contributed by atoms with Crippen LogP contribution in [0.5, 0.6) is 17.2 Å². The molecule has 5 rings (SSSR count). The number of ether oxygens (including phenoxy) is 3. The Bertz CT molecular complexity index is 1860. The van der Waals surface area contributed by atoms with Crippen molar-refractivity contribution in [3.8, 4) is 28.4 Å². The fourth-order valence-electron chi connectivity index (χ4n) is 6.62. The van der Waals surface area contributed by atoms with Crippen LogP contribution in [0.25, 0.3) is 22.0 Å². The van der Waals surface area contributed by atoms with Crippen molar-refractivity contribution in [2.45, 2.75) is 71.4 Å². The molecule has 10 heteroatoms. The largest absolute Gasteiger partial charge is 0.493 e. The standard InChI is InChI=1S/C38H46N4O6/c1-23(2)42-20-18-27-29(11-10-12-32(27)42)41-35(45)13-8-7-9-19-39-31-17-15-26-28(22-33(31)44)30(40-24(3)43)16-14-25-21-34(46-4)37(47-5)38(48-6)36(25)26/h10-12,15,17-18,20-23,30H,7-9,13-14,16,19H2,1-6H3,(H,39,44)(H,40,43)(H,41,45)/t30-/m0/s1. The molecule has 1 aliphatic carbocycles. The van der Waals surface area contributed by atoms with Gasteiger partial charge in [-0.05, 0) is 92.6 Å². The maximum Gasteiger partial charge on any atom is 0.224 e. The molecule has 1 aromatic heterocycles. The summed E-state index contributed by atoms with van der Waals surface area (Å²) in [6, 6.07) is 15.2. The molecule has 0 aliphatic heterocycles. The summed E-state index contributed by atoms with van der Waals surface area (Å²) in [5.41, 5.74) is 5.51. The van der Waals surface area contributed by atoms with E-state index in [9.17, 15) is 14.4 Å². The predicted octanol–water partition coefficient (Wildman–Crippen LogP) is 7.01. The van der Waals surface area contributed by atoms with E-state index in [4.69, 9.17) is 14.2 Å². The normalized spacial score (nSPS) is 13.7. The van der Waals surface area contributed by atoms with Crippen molar-refractivity contribution in [1.29, 1.82) is 0 Å². The number of amides is 2. The summed E-state index contributed by atoms with van der Waals surface area (Å²) < 4.78 is 19.3. The van der Waals surface area contributed by atoms with Gasteiger partial charge >= 0.3 is 0 Å². The first-order chi connectivity index (χ1) is 23.2. The van der Waals surface area contributed by atoms with E-state index >= 15 is 0 Å². The van der Waals surface area contributed by atoms with E-state index in [1.54, 1.807) is 33.5 Å². The van der Waals surface area contributed by atoms with Gasteiger partial charge in [-0.2, -0.15) is 0 Å². The van der Waals surface area contributed by atoms with E-state index in [0.29, 0.717) is 54.8 Å². The Morgan fingerprint density at radius 1 is 0.938 bits per heavy atom. The van der Waals surface area contributed by atoms with Gasteiger partial charge in [-0.3, -0.25) is 14.4 Å². The number of hydrogen-bond acceptors (Lipinski definition) is 7. The van der Waals surface area contributed by atoms with Crippen LogP contribution in [0.2, 0.25) is 0 Å². The number of carbonyl (C=O) groups is 2. The van der Waals surface area contributed by atoms with Gasteiger partial charge in [-0.25, -0.2) is 0 Å². The molecule has 1 atom stereocenters. The molecular formula is C38H46N4O6. The number of nitrogens with one attached hydrogen (secondary N) is 3. The zero-order chi connectivity index (χ0) is 34.4. The molecule has 0 saturated heterocycles. The number of benzene rings is 2. The third kappa shape index (κ3) is 7.27. The molecule has 0 saturated carbocycles. The van der Waals surface area contributed by atoms with Gasteiger partial charge in [0.1, 0.15) is 0 Å². The van der Waals surface area contributed by atoms with Crippen LogP contribution in [-0.4, -0.2) is 44.3 Å². The second kappa shape index (κ2) is 15.3. The first-order valence-corrected chi connectivity index (χ1v) is 16.6. The summed E-state index contributed by atoms with van der Waals surface area (Å²) >= 11 is 0. The van der Waals surface area contributed by atoms with Gasteiger partial charge in [0.2, 0.25) is 23.0 Å². The molecule has 1 heterocycles. The lowest BCUT2D eigenvalue weighted by Gasteiger charge is -2.19. The average molecular weight is 655 g/mol. The van der Waals surface area contributed by atoms with Crippen LogP contribution in [-0.2, 0) is 16.0 Å². The van der Waals surface area contributed by atoms with Crippen molar-refractivity contribution in [3.05, 3.63) is 76.1 Å². The van der Waals surface area contributed by atoms with Gasteiger partial charge in [0.05, 0.1) is 44.3 Å². The number of aryl methyl sites for hydroxylation is 1. The molecule has 3 aromatic carbocycles. The zero-order valence-electron chi connectivity index (χ0n) is 28.7. The molecule has 0 radical (unpaired) electrons. The predicted molar refractivity (Wildman–Crippen MR) is 191 cm³/mol. The van der Waals surface area contributed by atoms with Crippen LogP contribution in [0, 0.1) is 0 Å². The fourth-order valence-corrected chi connectivity index (χ4v) is 6.62. The van der Waals surface area contributed by atoms with Crippen molar-refractivity contribution in [2.75, 3.05) is 38.5 Å². The van der Waals surface area contributed by atoms with E-state index in [0.717, 1.165) is 58.1 Å². The Balaban J connectivity index is 1.27. The third-order valence-electron chi connectivity index (χ3n) is 8.91. The van der Waals surface area contributed by atoms with Gasteiger partial charge in [0.25, 0.3) is 0 Å². The number of methoxy groups -OCH3 is 3. The number of rotatable bonds is 13. The van der Waals surface area contributed by atoms with Crippen molar-refractivity contribution >= 4 is 34.1 Å². The summed E-state index contributed by atoms with van der Waals surface area (Å²) in [4.78, 5) is 38.5. The van der Waals surface area contributed by atoms with Gasteiger partial charge in [0, 0.05) is 43.1 Å². The minimum atomic E-state index is -0.368. The van der Waals surface area contributed by atoms with Crippen molar-refractivity contribution in [1.82, 2.24) is 9.88 Å². The van der Waals surface area contributed by atoms with Gasteiger partial charge in [0.15, 0.2) is 11.5 Å². The second-order valence-electron chi connectivity index (χ2n) is 12.4. The summed E-state index contributed by atoms with van der Waals surface area (Å²) in [6.45, 7) is 6.33. The first-order valence-electron chi connectivity index (χ1n) is 16.6. The second-order valence-corrected chi connectivity index (χ2v) is 12.4. The monoisotopic (exact) mass is 654 g/mol. The molecular weight excluding hydrogens is 608 g/mol. The average Bonchev–Trinajstić information content (AvgIpc) is 3.38. The Morgan fingerprint density at radius 2 is 1.73 bits per heavy atom. The zero-order valence-corrected chi connectivity index (χ0v) is 28.7. The molecule has 10 nitrogen and oxygen atoms in total. The maximum absolute atomic E-state index is 13.5. The first kappa shape index (κ1) is 34.3. The Labute approximate surface area is 281 Å². The van der Waals surface area contributed by atoms with E-state index in [1.165, 1.54) is 6.92 Å². The number of fused-ring (bicyclic) bond motifs is 4. The topological polar surface area (TPSA) is 120 Å². The maximum atomic E-state index is 13.5. The fraction of sp³-hybridized carbons (Fsp3) is 0.395. The van der Waals surface area contributed by atoms with Gasteiger partial charge in [-0.1, -0.05) is 18.6 Å². The van der Waals surface area contributed by atoms with Crippen LogP contribution in [0.3, 0.4) is 0 Å². The van der Waals surface area contributed by atoms with Crippen molar-refractivity contribution < 1.29 is 23.8 Å². The molecule has 2 amide bonds. The van der Waals surface area contributed by atoms with Crippen LogP contribution >= 0.6 is 0 Å². The summed E-state index contributed by atoms with van der Waals surface area (Å²) in [6.07, 6.45) is 6.06. The summed E-state index contributed by atoms with van der Waals surface area (Å²) in [5, 5.41) is 10.5. The highest BCUT2D eigenvalue weighted by molar-refractivity contribution is 6.01. The molecule has 254 valence electrons. The van der Waals surface area contributed by atoms with E-state index in [-0.39, 0.29) is 23.3 Å². The van der Waals surface area contributed by atoms with Crippen LogP contribution in [0.15, 0.2) is 59.5 Å². The molecule has 4 aromatic rings. The van der Waals surface area contributed by atoms with Gasteiger partial charge < -0.3 is 34.7 Å². The van der Waals surface area contributed by atoms with Crippen molar-refractivity contribution in [2.24, 2.45) is 0 Å². The minimum absolute atomic E-state index is 0.00938. The lowest BCUT2D eigenvalue weighted by Crippen LogP contribution is -2.26. The van der Waals surface area contributed by atoms with E-state index in [2.05, 4.69) is 46.6 Å². The molecule has 1 aliphatic rings. The lowest BCUT2D eigenvalue weighted by atomic mass is 9.95. The lowest BCUT2D eigenvalue weighted by molar-refractivity contribution is -0.119. The summed E-state index contributed by atoms with van der Waals surface area (Å²) in [5.74, 6) is 1.35. The van der Waals surface area contributed by atoms with Crippen LogP contribution in [0.1, 0.15) is 76.1 Å². The number of unbranched alkanes of at least 4 members (excludes halogenated alkanes) is 2. The van der Waals surface area contributed by atoms with Crippen molar-refractivity contribution in [3.63, 3.8) is 0 Å². The smallest absolute Gasteiger partial charge is 0.224 e. The van der Waals surface area contributed by atoms with Crippen LogP contribution in [0.4, 0.5) is 11.4 Å². The number of anilines is 2. The molecule has 0 unspecified atom stereocenters. The number of aromatic nitrogens is 1. The SMILES string of the molecule is COc1cc2c(c(OC)c1OC)-c1ccc(NCCCCCC(=O)Nc3cccc4c3ccn4C(C)C)c(=O)cc1[C@@H](NC(C)=O)CC2. The summed E-state index contributed by atoms with van der Waals surface area (Å²) in [7, 11) is 4.72. The Hall–Kier alpha value is -4.99. The van der Waals surface area contributed by atoms with Crippen LogP contribution < -0.4 is 35.6 Å². The Morgan fingerprint density at radius 3 is 2.44 bits per heavy atom. The number of carbonyl (C=O) groups excluding carboxylic acids is 2. The quantitative estimate of drug-likeness (QED) is 0.133. The highest BCUT2D eigenvalue weighted by atomic mass is 16.5. The third-order valence-corrected chi connectivity index (χ3v) is 8.91. The molecule has 0 bridgehead atoms. The molecule has 0 fully saturated rings. The highest BCUT2D eigenvalue weighted by Gasteiger charge is 2.29. The van der Waals surface area contributed by atoms with E-state index in [1.807, 2.05) is 30.3 Å². The Kier molecular flexibility index (Phi) is 10.9. The van der Waals surface area contributed by atoms with E-state index < -0.39 is 0 Å².